The summed E-state index contributed by atoms with van der Waals surface area (Å²) in [6.45, 7) is 1.87. The molecule has 1 heterocycles. The molecule has 1 aromatic heterocycles. The lowest BCUT2D eigenvalue weighted by atomic mass is 9.96. The van der Waals surface area contributed by atoms with E-state index in [2.05, 4.69) is 19.9 Å². The molecular formula is C16H18F7N5O. The molecule has 0 saturated carbocycles. The summed E-state index contributed by atoms with van der Waals surface area (Å²) < 4.78 is 91.6. The van der Waals surface area contributed by atoms with E-state index in [1.54, 1.807) is 0 Å². The number of alkyl halides is 6. The summed E-state index contributed by atoms with van der Waals surface area (Å²) in [5.41, 5.74) is -1.56. The van der Waals surface area contributed by atoms with Crippen molar-refractivity contribution < 1.29 is 35.8 Å². The van der Waals surface area contributed by atoms with Crippen LogP contribution in [0.3, 0.4) is 0 Å². The van der Waals surface area contributed by atoms with Crippen molar-refractivity contribution in [2.75, 3.05) is 5.32 Å². The van der Waals surface area contributed by atoms with Crippen LogP contribution in [0, 0.1) is 0 Å². The summed E-state index contributed by atoms with van der Waals surface area (Å²) in [5.74, 6) is -3.00. The van der Waals surface area contributed by atoms with E-state index < -0.39 is 60.2 Å². The number of rotatable bonds is 5. The summed E-state index contributed by atoms with van der Waals surface area (Å²) in [5, 5.41) is 11.6. The lowest BCUT2D eigenvalue weighted by Gasteiger charge is -2.21. The molecule has 13 heteroatoms. The number of nitrogens with one attached hydrogen (secondary N) is 1. The standard InChI is InChI=1S/C16H18F7N5O/c1-3-10(16(21,22)23)25-14-27-12(8-5-4-6-9(29)11(8)17)26-13(28-14)24-7(2)15(18,19)20/h9-10,29H,3-6H2,1-2H3,(H,25,26,27,28)/b24-7-/t9?,10-/m1/s1. The fourth-order valence-corrected chi connectivity index (χ4v) is 2.54. The molecule has 0 saturated heterocycles. The Morgan fingerprint density at radius 1 is 1.21 bits per heavy atom. The Morgan fingerprint density at radius 2 is 1.86 bits per heavy atom. The van der Waals surface area contributed by atoms with Crippen molar-refractivity contribution >= 4 is 23.2 Å². The van der Waals surface area contributed by atoms with Crippen LogP contribution >= 0.6 is 0 Å². The molecule has 1 aliphatic carbocycles. The van der Waals surface area contributed by atoms with Gasteiger partial charge < -0.3 is 10.4 Å². The molecule has 162 valence electrons. The van der Waals surface area contributed by atoms with Crippen LogP contribution in [-0.2, 0) is 0 Å². The summed E-state index contributed by atoms with van der Waals surface area (Å²) in [4.78, 5) is 14.1. The van der Waals surface area contributed by atoms with Crippen LogP contribution in [0.5, 0.6) is 0 Å². The van der Waals surface area contributed by atoms with Crippen molar-refractivity contribution in [3.05, 3.63) is 11.7 Å². The third-order valence-electron chi connectivity index (χ3n) is 4.16. The second kappa shape index (κ2) is 8.59. The van der Waals surface area contributed by atoms with Crippen molar-refractivity contribution in [2.24, 2.45) is 4.99 Å². The Morgan fingerprint density at radius 3 is 2.41 bits per heavy atom. The number of hydrogen-bond donors (Lipinski definition) is 2. The predicted molar refractivity (Wildman–Crippen MR) is 90.3 cm³/mol. The zero-order valence-electron chi connectivity index (χ0n) is 15.4. The monoisotopic (exact) mass is 429 g/mol. The van der Waals surface area contributed by atoms with Gasteiger partial charge in [-0.2, -0.15) is 41.3 Å². The van der Waals surface area contributed by atoms with Gasteiger partial charge in [0.25, 0.3) is 5.95 Å². The number of aliphatic imine (C=N–C) groups is 1. The van der Waals surface area contributed by atoms with E-state index in [9.17, 15) is 35.8 Å². The third kappa shape index (κ3) is 5.84. The molecule has 0 fully saturated rings. The molecule has 0 aliphatic heterocycles. The molecule has 1 aliphatic rings. The van der Waals surface area contributed by atoms with E-state index in [4.69, 9.17) is 0 Å². The van der Waals surface area contributed by atoms with Crippen LogP contribution in [0.15, 0.2) is 10.8 Å². The Kier molecular flexibility index (Phi) is 6.81. The van der Waals surface area contributed by atoms with Gasteiger partial charge in [0, 0.05) is 5.57 Å². The normalized spacial score (nSPS) is 20.1. The maximum Gasteiger partial charge on any atom is 0.429 e. The first-order chi connectivity index (χ1) is 13.3. The van der Waals surface area contributed by atoms with Gasteiger partial charge in [0.15, 0.2) is 5.82 Å². The Hall–Kier alpha value is -2.31. The molecule has 2 atom stereocenters. The smallest absolute Gasteiger partial charge is 0.386 e. The first-order valence-electron chi connectivity index (χ1n) is 8.61. The molecule has 1 aromatic rings. The summed E-state index contributed by atoms with van der Waals surface area (Å²) >= 11 is 0. The van der Waals surface area contributed by atoms with Gasteiger partial charge >= 0.3 is 12.4 Å². The van der Waals surface area contributed by atoms with Gasteiger partial charge in [-0.25, -0.2) is 9.38 Å². The first kappa shape index (κ1) is 23.0. The average Bonchev–Trinajstić information content (AvgIpc) is 2.60. The summed E-state index contributed by atoms with van der Waals surface area (Å²) in [6.07, 6.45) is -10.9. The molecule has 29 heavy (non-hydrogen) atoms. The fourth-order valence-electron chi connectivity index (χ4n) is 2.54. The Bertz CT molecular complexity index is 804. The van der Waals surface area contributed by atoms with Gasteiger partial charge in [-0.05, 0) is 32.6 Å². The molecule has 2 rings (SSSR count). The van der Waals surface area contributed by atoms with E-state index in [-0.39, 0.29) is 18.4 Å². The number of halogens is 7. The number of aliphatic hydroxyl groups excluding tert-OH is 1. The molecular weight excluding hydrogens is 411 g/mol. The highest BCUT2D eigenvalue weighted by Gasteiger charge is 2.39. The second-order valence-corrected chi connectivity index (χ2v) is 6.36. The van der Waals surface area contributed by atoms with E-state index in [0.29, 0.717) is 13.3 Å². The molecule has 0 aromatic carbocycles. The van der Waals surface area contributed by atoms with Crippen LogP contribution < -0.4 is 5.32 Å². The van der Waals surface area contributed by atoms with Crippen molar-refractivity contribution in [1.82, 2.24) is 15.0 Å². The summed E-state index contributed by atoms with van der Waals surface area (Å²) in [7, 11) is 0. The molecule has 0 spiro atoms. The zero-order chi connectivity index (χ0) is 22.0. The van der Waals surface area contributed by atoms with Gasteiger partial charge in [-0.3, -0.25) is 0 Å². The molecule has 1 unspecified atom stereocenters. The van der Waals surface area contributed by atoms with E-state index >= 15 is 0 Å². The van der Waals surface area contributed by atoms with Crippen LogP contribution in [0.4, 0.5) is 42.6 Å². The Labute approximate surface area is 161 Å². The average molecular weight is 429 g/mol. The second-order valence-electron chi connectivity index (χ2n) is 6.36. The Balaban J connectivity index is 2.56. The molecule has 6 nitrogen and oxygen atoms in total. The number of anilines is 1. The number of hydrogen-bond acceptors (Lipinski definition) is 6. The van der Waals surface area contributed by atoms with Crippen molar-refractivity contribution in [2.45, 2.75) is 64.0 Å². The number of aliphatic hydroxyl groups is 1. The van der Waals surface area contributed by atoms with Crippen molar-refractivity contribution in [3.63, 3.8) is 0 Å². The van der Waals surface area contributed by atoms with Gasteiger partial charge in [0.2, 0.25) is 5.95 Å². The molecule has 2 N–H and O–H groups in total. The largest absolute Gasteiger partial charge is 0.429 e. The number of allylic oxidation sites excluding steroid dienone is 1. The van der Waals surface area contributed by atoms with E-state index in [0.717, 1.165) is 0 Å². The van der Waals surface area contributed by atoms with Crippen LogP contribution in [0.2, 0.25) is 0 Å². The predicted octanol–water partition coefficient (Wildman–Crippen LogP) is 4.50. The SMILES string of the molecule is CC[C@@H](Nc1nc(/N=C(/C)C(F)(F)F)nc(C2=C(F)C(O)CCC2)n1)C(F)(F)F. The highest BCUT2D eigenvalue weighted by atomic mass is 19.4. The van der Waals surface area contributed by atoms with Gasteiger partial charge in [0.1, 0.15) is 23.7 Å². The zero-order valence-corrected chi connectivity index (χ0v) is 15.4. The van der Waals surface area contributed by atoms with E-state index in [1.165, 1.54) is 6.92 Å². The number of aromatic nitrogens is 3. The fraction of sp³-hybridized carbons (Fsp3) is 0.625. The van der Waals surface area contributed by atoms with Gasteiger partial charge in [-0.1, -0.05) is 6.92 Å². The molecule has 0 radical (unpaired) electrons. The van der Waals surface area contributed by atoms with Crippen LogP contribution in [-0.4, -0.2) is 50.3 Å². The molecule has 0 amide bonds. The first-order valence-corrected chi connectivity index (χ1v) is 8.61. The third-order valence-corrected chi connectivity index (χ3v) is 4.16. The quantitative estimate of drug-likeness (QED) is 0.532. The number of nitrogens with zero attached hydrogens (tertiary/aromatic N) is 4. The van der Waals surface area contributed by atoms with Crippen LogP contribution in [0.25, 0.3) is 5.57 Å². The van der Waals surface area contributed by atoms with Crippen LogP contribution in [0.1, 0.15) is 45.4 Å². The lowest BCUT2D eigenvalue weighted by molar-refractivity contribution is -0.143. The highest BCUT2D eigenvalue weighted by Crippen LogP contribution is 2.33. The van der Waals surface area contributed by atoms with Gasteiger partial charge in [0.05, 0.1) is 0 Å². The highest BCUT2D eigenvalue weighted by molar-refractivity contribution is 5.89. The van der Waals surface area contributed by atoms with Crippen molar-refractivity contribution in [1.29, 1.82) is 0 Å². The van der Waals surface area contributed by atoms with E-state index in [1.807, 2.05) is 5.32 Å². The maximum absolute atomic E-state index is 14.3. The minimum absolute atomic E-state index is 0.0459. The lowest BCUT2D eigenvalue weighted by Crippen LogP contribution is -2.36. The van der Waals surface area contributed by atoms with Gasteiger partial charge in [-0.15, -0.1) is 0 Å². The van der Waals surface area contributed by atoms with Crippen molar-refractivity contribution in [3.8, 4) is 0 Å². The minimum Gasteiger partial charge on any atom is -0.386 e. The minimum atomic E-state index is -4.82. The summed E-state index contributed by atoms with van der Waals surface area (Å²) in [6, 6.07) is -2.09. The topological polar surface area (TPSA) is 83.3 Å². The maximum atomic E-state index is 14.3. The molecule has 0 bridgehead atoms.